The first kappa shape index (κ1) is 6.23. The molecule has 0 aromatic carbocycles. The Morgan fingerprint density at radius 1 is 0.818 bits per heavy atom. The van der Waals surface area contributed by atoms with E-state index in [-0.39, 0.29) is 0 Å². The normalized spacial score (nSPS) is 10.2. The molecule has 0 aromatic rings. The molecule has 0 radical (unpaired) electrons. The fraction of sp³-hybridized carbons (Fsp3) is 0. The van der Waals surface area contributed by atoms with Crippen LogP contribution in [0.1, 0.15) is 0 Å². The maximum atomic E-state index is 5.78. The van der Waals surface area contributed by atoms with E-state index in [0.29, 0.717) is 0 Å². The molecule has 0 spiro atoms. The average Bonchev–Trinajstić information content (AvgIpc) is 2.40. The van der Waals surface area contributed by atoms with Crippen LogP contribution in [-0.2, 0) is 0 Å². The van der Waals surface area contributed by atoms with E-state index >= 15 is 0 Å². The molecule has 0 bridgehead atoms. The standard InChI is InChI=1S/C10H9N/c11-10-7-2-1-4-8-5-3-6-9(8)10/h1-7H,11H2. The van der Waals surface area contributed by atoms with Gasteiger partial charge in [-0.05, 0) is 11.6 Å². The second-order valence-electron chi connectivity index (χ2n) is 2.57. The number of anilines is 1. The largest absolute Gasteiger partial charge is 0.398 e. The van der Waals surface area contributed by atoms with Crippen LogP contribution >= 0.6 is 0 Å². The molecule has 0 saturated carbocycles. The van der Waals surface area contributed by atoms with Crippen molar-refractivity contribution in [1.82, 2.24) is 0 Å². The molecule has 0 heterocycles. The van der Waals surface area contributed by atoms with Gasteiger partial charge in [-0.25, -0.2) is 0 Å². The molecule has 11 heavy (non-hydrogen) atoms. The van der Waals surface area contributed by atoms with Crippen LogP contribution in [0.2, 0.25) is 0 Å². The molecule has 0 fully saturated rings. The first-order chi connectivity index (χ1) is 5.38. The number of rotatable bonds is 0. The van der Waals surface area contributed by atoms with Gasteiger partial charge in [-0.1, -0.05) is 36.4 Å². The predicted molar refractivity (Wildman–Crippen MR) is 47.5 cm³/mol. The number of hydrogen-bond acceptors (Lipinski definition) is 1. The highest BCUT2D eigenvalue weighted by Crippen LogP contribution is 2.26. The molecule has 2 aliphatic rings. The van der Waals surface area contributed by atoms with E-state index in [0.717, 1.165) is 11.3 Å². The third kappa shape index (κ3) is 0.944. The van der Waals surface area contributed by atoms with Gasteiger partial charge < -0.3 is 5.73 Å². The Balaban J connectivity index is 2.78. The second-order valence-corrected chi connectivity index (χ2v) is 2.57. The summed E-state index contributed by atoms with van der Waals surface area (Å²) in [5.74, 6) is 0. The van der Waals surface area contributed by atoms with Gasteiger partial charge in [-0.3, -0.25) is 0 Å². The Labute approximate surface area is 65.8 Å². The lowest BCUT2D eigenvalue weighted by atomic mass is 10.2. The summed E-state index contributed by atoms with van der Waals surface area (Å²) in [6, 6.07) is 14.0. The summed E-state index contributed by atoms with van der Waals surface area (Å²) in [4.78, 5) is 0. The summed E-state index contributed by atoms with van der Waals surface area (Å²) in [5, 5.41) is 0. The lowest BCUT2D eigenvalue weighted by Gasteiger charge is -1.94. The molecule has 0 amide bonds. The molecular weight excluding hydrogens is 134 g/mol. The molecule has 1 heteroatoms. The van der Waals surface area contributed by atoms with Crippen molar-refractivity contribution >= 4 is 5.69 Å². The maximum Gasteiger partial charge on any atom is 0.0393 e. The van der Waals surface area contributed by atoms with E-state index in [2.05, 4.69) is 12.1 Å². The van der Waals surface area contributed by atoms with Crippen LogP contribution in [0, 0.1) is 0 Å². The van der Waals surface area contributed by atoms with Crippen LogP contribution in [0.4, 0.5) is 5.69 Å². The van der Waals surface area contributed by atoms with Gasteiger partial charge in [0, 0.05) is 11.3 Å². The van der Waals surface area contributed by atoms with Gasteiger partial charge in [0.2, 0.25) is 0 Å². The summed E-state index contributed by atoms with van der Waals surface area (Å²) in [6.45, 7) is 0. The zero-order valence-electron chi connectivity index (χ0n) is 6.12. The highest BCUT2D eigenvalue weighted by Gasteiger charge is 2.00. The Morgan fingerprint density at radius 3 is 2.45 bits per heavy atom. The lowest BCUT2D eigenvalue weighted by molar-refractivity contribution is 1.78. The van der Waals surface area contributed by atoms with Gasteiger partial charge in [0.15, 0.2) is 0 Å². The van der Waals surface area contributed by atoms with Gasteiger partial charge in [0.05, 0.1) is 0 Å². The minimum absolute atomic E-state index is 0.843. The Hall–Kier alpha value is -1.50. The van der Waals surface area contributed by atoms with E-state index in [9.17, 15) is 0 Å². The summed E-state index contributed by atoms with van der Waals surface area (Å²) < 4.78 is 0. The van der Waals surface area contributed by atoms with Gasteiger partial charge in [0.1, 0.15) is 0 Å². The highest BCUT2D eigenvalue weighted by atomic mass is 14.6. The van der Waals surface area contributed by atoms with Crippen molar-refractivity contribution in [3.05, 3.63) is 42.5 Å². The molecule has 0 aliphatic heterocycles. The van der Waals surface area contributed by atoms with E-state index in [1.54, 1.807) is 0 Å². The molecule has 0 unspecified atom stereocenters. The minimum atomic E-state index is 0.843. The molecular formula is C10H9N. The maximum absolute atomic E-state index is 5.78. The molecule has 2 rings (SSSR count). The topological polar surface area (TPSA) is 26.0 Å². The Kier molecular flexibility index (Phi) is 1.29. The number of nitrogen functional groups attached to an aromatic ring is 1. The number of hydrogen-bond donors (Lipinski definition) is 1. The minimum Gasteiger partial charge on any atom is -0.398 e. The molecule has 54 valence electrons. The molecule has 2 aliphatic carbocycles. The fourth-order valence-electron chi connectivity index (χ4n) is 1.25. The van der Waals surface area contributed by atoms with Crippen LogP contribution in [0.15, 0.2) is 42.5 Å². The third-order valence-corrected chi connectivity index (χ3v) is 1.82. The molecule has 0 aromatic heterocycles. The van der Waals surface area contributed by atoms with Crippen molar-refractivity contribution in [3.63, 3.8) is 0 Å². The van der Waals surface area contributed by atoms with Gasteiger partial charge in [-0.2, -0.15) is 0 Å². The SMILES string of the molecule is Nc1ccccc2cccc1-2. The van der Waals surface area contributed by atoms with E-state index in [1.165, 1.54) is 5.56 Å². The van der Waals surface area contributed by atoms with Gasteiger partial charge in [0.25, 0.3) is 0 Å². The fourth-order valence-corrected chi connectivity index (χ4v) is 1.25. The quantitative estimate of drug-likeness (QED) is 0.602. The molecule has 1 nitrogen and oxygen atoms in total. The van der Waals surface area contributed by atoms with E-state index in [4.69, 9.17) is 5.73 Å². The van der Waals surface area contributed by atoms with E-state index in [1.807, 2.05) is 30.3 Å². The van der Waals surface area contributed by atoms with Crippen molar-refractivity contribution in [3.8, 4) is 11.1 Å². The predicted octanol–water partition coefficient (Wildman–Crippen LogP) is 2.37. The van der Waals surface area contributed by atoms with Gasteiger partial charge >= 0.3 is 0 Å². The number of nitrogens with two attached hydrogens (primary N) is 1. The van der Waals surface area contributed by atoms with Crippen LogP contribution in [-0.4, -0.2) is 0 Å². The van der Waals surface area contributed by atoms with Crippen molar-refractivity contribution in [2.75, 3.05) is 5.73 Å². The highest BCUT2D eigenvalue weighted by molar-refractivity contribution is 5.77. The van der Waals surface area contributed by atoms with Crippen molar-refractivity contribution in [1.29, 1.82) is 0 Å². The van der Waals surface area contributed by atoms with Crippen LogP contribution in [0.3, 0.4) is 0 Å². The summed E-state index contributed by atoms with van der Waals surface area (Å²) in [7, 11) is 0. The summed E-state index contributed by atoms with van der Waals surface area (Å²) in [5.41, 5.74) is 8.96. The zero-order chi connectivity index (χ0) is 7.68. The monoisotopic (exact) mass is 143 g/mol. The summed E-state index contributed by atoms with van der Waals surface area (Å²) in [6.07, 6.45) is 0. The van der Waals surface area contributed by atoms with Crippen molar-refractivity contribution < 1.29 is 0 Å². The van der Waals surface area contributed by atoms with Crippen LogP contribution in [0.5, 0.6) is 0 Å². The molecule has 0 saturated heterocycles. The lowest BCUT2D eigenvalue weighted by Crippen LogP contribution is -1.83. The number of fused-ring (bicyclic) bond motifs is 1. The third-order valence-electron chi connectivity index (χ3n) is 1.82. The van der Waals surface area contributed by atoms with Crippen LogP contribution < -0.4 is 5.73 Å². The Bertz CT molecular complexity index is 341. The molecule has 2 N–H and O–H groups in total. The van der Waals surface area contributed by atoms with Crippen molar-refractivity contribution in [2.45, 2.75) is 0 Å². The first-order valence-corrected chi connectivity index (χ1v) is 3.61. The van der Waals surface area contributed by atoms with Gasteiger partial charge in [-0.15, -0.1) is 0 Å². The molecule has 0 atom stereocenters. The van der Waals surface area contributed by atoms with Crippen molar-refractivity contribution in [2.24, 2.45) is 0 Å². The second kappa shape index (κ2) is 2.27. The smallest absolute Gasteiger partial charge is 0.0393 e. The average molecular weight is 143 g/mol. The first-order valence-electron chi connectivity index (χ1n) is 3.61. The Morgan fingerprint density at radius 2 is 1.55 bits per heavy atom. The summed E-state index contributed by atoms with van der Waals surface area (Å²) >= 11 is 0. The van der Waals surface area contributed by atoms with Crippen LogP contribution in [0.25, 0.3) is 11.1 Å². The van der Waals surface area contributed by atoms with E-state index < -0.39 is 0 Å². The zero-order valence-corrected chi connectivity index (χ0v) is 6.12.